The van der Waals surface area contributed by atoms with Gasteiger partial charge in [0.25, 0.3) is 0 Å². The van der Waals surface area contributed by atoms with Crippen LogP contribution in [0, 0.1) is 0 Å². The summed E-state index contributed by atoms with van der Waals surface area (Å²) in [5, 5.41) is 4.73. The molecule has 0 unspecified atom stereocenters. The molecule has 0 atom stereocenters. The SMILES string of the molecule is NCc1ccc(S(N)(=O)=O)cc1C(F)(F)F. The van der Waals surface area contributed by atoms with Crippen molar-refractivity contribution < 1.29 is 21.6 Å². The highest BCUT2D eigenvalue weighted by molar-refractivity contribution is 7.89. The summed E-state index contributed by atoms with van der Waals surface area (Å²) < 4.78 is 59.3. The van der Waals surface area contributed by atoms with Gasteiger partial charge in [-0.05, 0) is 17.7 Å². The minimum atomic E-state index is -4.66. The standard InChI is InChI=1S/C8H9F3N2O2S/c9-8(10,11)7-3-6(16(13,14)15)2-1-5(7)4-12/h1-3H,4,12H2,(H2,13,14,15). The van der Waals surface area contributed by atoms with Crippen molar-refractivity contribution in [3.05, 3.63) is 29.3 Å². The largest absolute Gasteiger partial charge is 0.416 e. The smallest absolute Gasteiger partial charge is 0.326 e. The third kappa shape index (κ3) is 2.71. The average Bonchev–Trinajstić information content (AvgIpc) is 2.14. The molecule has 0 aromatic heterocycles. The molecule has 1 rings (SSSR count). The third-order valence-corrected chi connectivity index (χ3v) is 2.85. The molecule has 90 valence electrons. The van der Waals surface area contributed by atoms with E-state index in [-0.39, 0.29) is 12.1 Å². The summed E-state index contributed by atoms with van der Waals surface area (Å²) in [6, 6.07) is 2.48. The molecular formula is C8H9F3N2O2S. The van der Waals surface area contributed by atoms with Crippen LogP contribution < -0.4 is 10.9 Å². The topological polar surface area (TPSA) is 86.2 Å². The molecule has 1 aromatic rings. The molecule has 4 N–H and O–H groups in total. The fourth-order valence-corrected chi connectivity index (χ4v) is 1.71. The quantitative estimate of drug-likeness (QED) is 0.818. The molecule has 0 saturated carbocycles. The Kier molecular flexibility index (Phi) is 3.27. The molecule has 8 heteroatoms. The summed E-state index contributed by atoms with van der Waals surface area (Å²) in [4.78, 5) is -0.586. The minimum absolute atomic E-state index is 0.181. The highest BCUT2D eigenvalue weighted by Crippen LogP contribution is 2.33. The zero-order chi connectivity index (χ0) is 12.6. The van der Waals surface area contributed by atoms with Gasteiger partial charge >= 0.3 is 6.18 Å². The second-order valence-electron chi connectivity index (χ2n) is 3.07. The van der Waals surface area contributed by atoms with E-state index in [2.05, 4.69) is 0 Å². The van der Waals surface area contributed by atoms with E-state index in [0.29, 0.717) is 6.07 Å². The monoisotopic (exact) mass is 254 g/mol. The Balaban J connectivity index is 3.45. The van der Waals surface area contributed by atoms with Crippen LogP contribution in [0.15, 0.2) is 23.1 Å². The number of benzene rings is 1. The molecule has 0 saturated heterocycles. The fraction of sp³-hybridized carbons (Fsp3) is 0.250. The van der Waals surface area contributed by atoms with E-state index in [9.17, 15) is 21.6 Å². The van der Waals surface area contributed by atoms with E-state index < -0.39 is 26.7 Å². The maximum Gasteiger partial charge on any atom is 0.416 e. The molecular weight excluding hydrogens is 245 g/mol. The van der Waals surface area contributed by atoms with Crippen molar-refractivity contribution in [2.75, 3.05) is 0 Å². The van der Waals surface area contributed by atoms with Gasteiger partial charge in [-0.25, -0.2) is 13.6 Å². The van der Waals surface area contributed by atoms with Crippen LogP contribution in [0.5, 0.6) is 0 Å². The van der Waals surface area contributed by atoms with Gasteiger partial charge in [-0.2, -0.15) is 13.2 Å². The highest BCUT2D eigenvalue weighted by Gasteiger charge is 2.33. The van der Waals surface area contributed by atoms with Gasteiger partial charge in [0, 0.05) is 6.54 Å². The van der Waals surface area contributed by atoms with E-state index >= 15 is 0 Å². The van der Waals surface area contributed by atoms with E-state index in [4.69, 9.17) is 10.9 Å². The second kappa shape index (κ2) is 4.04. The summed E-state index contributed by atoms with van der Waals surface area (Å²) in [5.74, 6) is 0. The van der Waals surface area contributed by atoms with Gasteiger partial charge in [-0.1, -0.05) is 6.07 Å². The van der Waals surface area contributed by atoms with Crippen LogP contribution in [-0.2, 0) is 22.7 Å². The van der Waals surface area contributed by atoms with E-state index in [1.54, 1.807) is 0 Å². The third-order valence-electron chi connectivity index (χ3n) is 1.94. The first kappa shape index (κ1) is 12.9. The normalized spacial score (nSPS) is 12.8. The van der Waals surface area contributed by atoms with Crippen molar-refractivity contribution in [3.63, 3.8) is 0 Å². The van der Waals surface area contributed by atoms with Crippen molar-refractivity contribution >= 4 is 10.0 Å². The van der Waals surface area contributed by atoms with Crippen molar-refractivity contribution in [2.45, 2.75) is 17.6 Å². The number of alkyl halides is 3. The van der Waals surface area contributed by atoms with Gasteiger partial charge < -0.3 is 5.73 Å². The number of primary sulfonamides is 1. The molecule has 0 bridgehead atoms. The van der Waals surface area contributed by atoms with Gasteiger partial charge in [0.15, 0.2) is 0 Å². The van der Waals surface area contributed by atoms with Crippen molar-refractivity contribution in [2.24, 2.45) is 10.9 Å². The second-order valence-corrected chi connectivity index (χ2v) is 4.63. The molecule has 0 amide bonds. The lowest BCUT2D eigenvalue weighted by molar-refractivity contribution is -0.138. The van der Waals surface area contributed by atoms with Gasteiger partial charge in [-0.15, -0.1) is 0 Å². The maximum atomic E-state index is 12.5. The Morgan fingerprint density at radius 3 is 2.19 bits per heavy atom. The number of rotatable bonds is 2. The maximum absolute atomic E-state index is 12.5. The molecule has 0 aliphatic rings. The van der Waals surface area contributed by atoms with E-state index in [1.807, 2.05) is 0 Å². The zero-order valence-corrected chi connectivity index (χ0v) is 8.77. The van der Waals surface area contributed by atoms with Crippen LogP contribution in [-0.4, -0.2) is 8.42 Å². The summed E-state index contributed by atoms with van der Waals surface area (Å²) in [6.45, 7) is -0.334. The molecule has 0 aliphatic carbocycles. The number of nitrogens with two attached hydrogens (primary N) is 2. The molecule has 0 heterocycles. The first-order chi connectivity index (χ1) is 7.16. The van der Waals surface area contributed by atoms with Gasteiger partial charge in [0.2, 0.25) is 10.0 Å². The molecule has 0 radical (unpaired) electrons. The lowest BCUT2D eigenvalue weighted by Gasteiger charge is -2.12. The number of hydrogen-bond acceptors (Lipinski definition) is 3. The van der Waals surface area contributed by atoms with Crippen LogP contribution in [0.25, 0.3) is 0 Å². The number of sulfonamides is 1. The first-order valence-corrected chi connectivity index (χ1v) is 5.64. The average molecular weight is 254 g/mol. The van der Waals surface area contributed by atoms with Crippen molar-refractivity contribution in [1.82, 2.24) is 0 Å². The Morgan fingerprint density at radius 1 is 1.25 bits per heavy atom. The molecule has 1 aromatic carbocycles. The minimum Gasteiger partial charge on any atom is -0.326 e. The molecule has 0 aliphatic heterocycles. The summed E-state index contributed by atoms with van der Waals surface area (Å²) in [7, 11) is -4.15. The molecule has 0 fully saturated rings. The predicted molar refractivity (Wildman–Crippen MR) is 50.7 cm³/mol. The number of hydrogen-bond donors (Lipinski definition) is 2. The van der Waals surface area contributed by atoms with E-state index in [0.717, 1.165) is 12.1 Å². The Labute approximate surface area is 90.1 Å². The van der Waals surface area contributed by atoms with Crippen molar-refractivity contribution in [3.8, 4) is 0 Å². The van der Waals surface area contributed by atoms with Gasteiger partial charge in [-0.3, -0.25) is 0 Å². The van der Waals surface area contributed by atoms with Gasteiger partial charge in [0.05, 0.1) is 10.5 Å². The van der Waals surface area contributed by atoms with Crippen molar-refractivity contribution in [1.29, 1.82) is 0 Å². The van der Waals surface area contributed by atoms with Crippen LogP contribution in [0.3, 0.4) is 0 Å². The van der Waals surface area contributed by atoms with Crippen LogP contribution in [0.2, 0.25) is 0 Å². The Morgan fingerprint density at radius 2 is 1.81 bits per heavy atom. The highest BCUT2D eigenvalue weighted by atomic mass is 32.2. The van der Waals surface area contributed by atoms with Gasteiger partial charge in [0.1, 0.15) is 0 Å². The Hall–Kier alpha value is -1.12. The number of halogens is 3. The summed E-state index contributed by atoms with van der Waals surface area (Å²) >= 11 is 0. The summed E-state index contributed by atoms with van der Waals surface area (Å²) in [5.41, 5.74) is 3.86. The predicted octanol–water partition coefficient (Wildman–Crippen LogP) is 0.812. The zero-order valence-electron chi connectivity index (χ0n) is 7.95. The lowest BCUT2D eigenvalue weighted by Crippen LogP contribution is -2.16. The van der Waals surface area contributed by atoms with Crippen LogP contribution in [0.4, 0.5) is 13.2 Å². The first-order valence-electron chi connectivity index (χ1n) is 4.09. The lowest BCUT2D eigenvalue weighted by atomic mass is 10.1. The molecule has 0 spiro atoms. The van der Waals surface area contributed by atoms with Crippen LogP contribution >= 0.6 is 0 Å². The summed E-state index contributed by atoms with van der Waals surface area (Å²) in [6.07, 6.45) is -4.66. The molecule has 16 heavy (non-hydrogen) atoms. The van der Waals surface area contributed by atoms with E-state index in [1.165, 1.54) is 0 Å². The Bertz CT molecular complexity index is 496. The fourth-order valence-electron chi connectivity index (χ4n) is 1.17. The van der Waals surface area contributed by atoms with Crippen LogP contribution in [0.1, 0.15) is 11.1 Å². The molecule has 4 nitrogen and oxygen atoms in total.